The molecule has 5 heteroatoms. The van der Waals surface area contributed by atoms with Gasteiger partial charge < -0.3 is 15.7 Å². The third kappa shape index (κ3) is 12.4. The Hall–Kier alpha value is -1.70. The first-order valence-corrected chi connectivity index (χ1v) is 6.30. The third-order valence-corrected chi connectivity index (χ3v) is 2.32. The highest BCUT2D eigenvalue weighted by atomic mass is 16.4. The number of carboxylic acids is 1. The molecule has 0 aliphatic heterocycles. The zero-order valence-corrected chi connectivity index (χ0v) is 10.9. The molecular formula is C13H22N2O3. The molecule has 0 aromatic carbocycles. The maximum Gasteiger partial charge on any atom is 0.314 e. The minimum absolute atomic E-state index is 0.168. The van der Waals surface area contributed by atoms with E-state index in [-0.39, 0.29) is 12.5 Å². The summed E-state index contributed by atoms with van der Waals surface area (Å²) in [5.74, 6) is 4.87. The highest BCUT2D eigenvalue weighted by Gasteiger charge is 1.98. The van der Waals surface area contributed by atoms with Crippen molar-refractivity contribution in [2.24, 2.45) is 0 Å². The first kappa shape index (κ1) is 16.3. The Morgan fingerprint density at radius 2 is 1.72 bits per heavy atom. The summed E-state index contributed by atoms with van der Waals surface area (Å²) in [6.07, 6.45) is 4.31. The topological polar surface area (TPSA) is 78.4 Å². The molecule has 2 amide bonds. The van der Waals surface area contributed by atoms with Crippen LogP contribution in [0.5, 0.6) is 0 Å². The molecule has 0 heterocycles. The van der Waals surface area contributed by atoms with Crippen molar-refractivity contribution in [2.75, 3.05) is 13.1 Å². The van der Waals surface area contributed by atoms with Crippen molar-refractivity contribution in [1.29, 1.82) is 0 Å². The maximum atomic E-state index is 11.2. The molecule has 5 nitrogen and oxygen atoms in total. The van der Waals surface area contributed by atoms with E-state index in [0.717, 1.165) is 19.3 Å². The van der Waals surface area contributed by atoms with Crippen molar-refractivity contribution in [3.05, 3.63) is 0 Å². The molecule has 0 unspecified atom stereocenters. The van der Waals surface area contributed by atoms with Crippen LogP contribution in [0.3, 0.4) is 0 Å². The number of rotatable bonds is 9. The van der Waals surface area contributed by atoms with Crippen molar-refractivity contribution in [1.82, 2.24) is 10.6 Å². The molecule has 0 radical (unpaired) electrons. The van der Waals surface area contributed by atoms with E-state index >= 15 is 0 Å². The number of unbranched alkanes of at least 4 members (excludes halogenated alkanes) is 3. The summed E-state index contributed by atoms with van der Waals surface area (Å²) in [5.41, 5.74) is 0. The van der Waals surface area contributed by atoms with Gasteiger partial charge in [-0.15, -0.1) is 11.8 Å². The van der Waals surface area contributed by atoms with Crippen LogP contribution in [0.15, 0.2) is 0 Å². The number of nitrogens with one attached hydrogen (secondary N) is 2. The van der Waals surface area contributed by atoms with Crippen molar-refractivity contribution >= 4 is 12.0 Å². The fraction of sp³-hybridized carbons (Fsp3) is 0.692. The van der Waals surface area contributed by atoms with Crippen LogP contribution in [0.1, 0.15) is 45.4 Å². The first-order valence-electron chi connectivity index (χ1n) is 6.30. The molecular weight excluding hydrogens is 232 g/mol. The van der Waals surface area contributed by atoms with E-state index < -0.39 is 5.97 Å². The van der Waals surface area contributed by atoms with Gasteiger partial charge in [0.2, 0.25) is 0 Å². The number of carbonyl (C=O) groups is 2. The monoisotopic (exact) mass is 254 g/mol. The molecule has 0 aromatic rings. The minimum atomic E-state index is -0.748. The zero-order valence-electron chi connectivity index (χ0n) is 10.9. The Bertz CT molecular complexity index is 305. The highest BCUT2D eigenvalue weighted by Crippen LogP contribution is 2.01. The summed E-state index contributed by atoms with van der Waals surface area (Å²) >= 11 is 0. The van der Waals surface area contributed by atoms with Crippen molar-refractivity contribution < 1.29 is 14.7 Å². The normalized spacial score (nSPS) is 9.17. The number of hydrogen-bond acceptors (Lipinski definition) is 2. The predicted molar refractivity (Wildman–Crippen MR) is 70.2 cm³/mol. The average Bonchev–Trinajstić information content (AvgIpc) is 2.33. The van der Waals surface area contributed by atoms with Gasteiger partial charge in [-0.3, -0.25) is 4.79 Å². The quantitative estimate of drug-likeness (QED) is 0.433. The number of carboxylic acid groups (broad SMARTS) is 1. The number of amides is 2. The summed E-state index contributed by atoms with van der Waals surface area (Å²) < 4.78 is 0. The Labute approximate surface area is 108 Å². The molecule has 0 atom stereocenters. The van der Waals surface area contributed by atoms with E-state index in [4.69, 9.17) is 5.11 Å². The fourth-order valence-corrected chi connectivity index (χ4v) is 1.38. The second-order valence-corrected chi connectivity index (χ2v) is 3.92. The second kappa shape index (κ2) is 11.8. The van der Waals surface area contributed by atoms with E-state index in [9.17, 15) is 9.59 Å². The lowest BCUT2D eigenvalue weighted by molar-refractivity contribution is -0.137. The zero-order chi connectivity index (χ0) is 13.6. The van der Waals surface area contributed by atoms with Gasteiger partial charge in [0.1, 0.15) is 0 Å². The Morgan fingerprint density at radius 1 is 1.06 bits per heavy atom. The molecule has 0 bridgehead atoms. The van der Waals surface area contributed by atoms with Gasteiger partial charge in [-0.25, -0.2) is 4.79 Å². The Balaban J connectivity index is 3.24. The summed E-state index contributed by atoms with van der Waals surface area (Å²) in [6, 6.07) is -0.168. The van der Waals surface area contributed by atoms with Crippen LogP contribution in [0.2, 0.25) is 0 Å². The molecule has 0 saturated carbocycles. The van der Waals surface area contributed by atoms with E-state index in [1.807, 2.05) is 0 Å². The summed E-state index contributed by atoms with van der Waals surface area (Å²) in [6.45, 7) is 2.95. The van der Waals surface area contributed by atoms with E-state index in [1.165, 1.54) is 0 Å². The van der Waals surface area contributed by atoms with Gasteiger partial charge in [-0.1, -0.05) is 12.8 Å². The van der Waals surface area contributed by atoms with Crippen molar-refractivity contribution in [2.45, 2.75) is 45.4 Å². The van der Waals surface area contributed by atoms with E-state index in [2.05, 4.69) is 22.5 Å². The van der Waals surface area contributed by atoms with Gasteiger partial charge in [-0.05, 0) is 19.8 Å². The van der Waals surface area contributed by atoms with Crippen molar-refractivity contribution in [3.63, 3.8) is 0 Å². The standard InChI is InChI=1S/C13H22N2O3/c1-2-3-7-10-14-13(18)15-11-8-5-4-6-9-12(16)17/h4-11H2,1H3,(H,16,17)(H2,14,15,18). The van der Waals surface area contributed by atoms with Gasteiger partial charge in [0.25, 0.3) is 0 Å². The molecule has 0 aliphatic rings. The molecule has 18 heavy (non-hydrogen) atoms. The lowest BCUT2D eigenvalue weighted by atomic mass is 10.1. The van der Waals surface area contributed by atoms with Gasteiger partial charge in [0.05, 0.1) is 0 Å². The van der Waals surface area contributed by atoms with Gasteiger partial charge in [-0.2, -0.15) is 0 Å². The molecule has 102 valence electrons. The Morgan fingerprint density at radius 3 is 2.39 bits per heavy atom. The van der Waals surface area contributed by atoms with Crippen LogP contribution in [-0.4, -0.2) is 30.2 Å². The molecule has 0 fully saturated rings. The number of hydrogen-bond donors (Lipinski definition) is 3. The minimum Gasteiger partial charge on any atom is -0.481 e. The smallest absolute Gasteiger partial charge is 0.314 e. The van der Waals surface area contributed by atoms with Crippen LogP contribution in [0.25, 0.3) is 0 Å². The summed E-state index contributed by atoms with van der Waals surface area (Å²) in [5, 5.41) is 13.9. The second-order valence-electron chi connectivity index (χ2n) is 3.92. The van der Waals surface area contributed by atoms with Crippen LogP contribution in [-0.2, 0) is 4.79 Å². The number of carbonyl (C=O) groups excluding carboxylic acids is 1. The van der Waals surface area contributed by atoms with Gasteiger partial charge >= 0.3 is 12.0 Å². The maximum absolute atomic E-state index is 11.2. The molecule has 0 aliphatic carbocycles. The van der Waals surface area contributed by atoms with Crippen molar-refractivity contribution in [3.8, 4) is 11.8 Å². The Kier molecular flexibility index (Phi) is 10.7. The molecule has 0 saturated heterocycles. The average molecular weight is 254 g/mol. The number of aliphatic carboxylic acids is 1. The van der Waals surface area contributed by atoms with Crippen LogP contribution >= 0.6 is 0 Å². The van der Waals surface area contributed by atoms with E-state index in [1.54, 1.807) is 6.92 Å². The molecule has 0 spiro atoms. The van der Waals surface area contributed by atoms with Crippen LogP contribution in [0, 0.1) is 11.8 Å². The highest BCUT2D eigenvalue weighted by molar-refractivity contribution is 5.73. The lowest BCUT2D eigenvalue weighted by Crippen LogP contribution is -2.36. The van der Waals surface area contributed by atoms with Gasteiger partial charge in [0, 0.05) is 25.9 Å². The molecule has 0 aromatic heterocycles. The summed E-state index contributed by atoms with van der Waals surface area (Å²) in [7, 11) is 0. The first-order chi connectivity index (χ1) is 8.66. The molecule has 0 rings (SSSR count). The molecule has 3 N–H and O–H groups in total. The fourth-order valence-electron chi connectivity index (χ4n) is 1.38. The van der Waals surface area contributed by atoms with Gasteiger partial charge in [0.15, 0.2) is 0 Å². The van der Waals surface area contributed by atoms with Crippen LogP contribution in [0.4, 0.5) is 4.79 Å². The predicted octanol–water partition coefficient (Wildman–Crippen LogP) is 1.73. The number of urea groups is 1. The third-order valence-electron chi connectivity index (χ3n) is 2.32. The summed E-state index contributed by atoms with van der Waals surface area (Å²) in [4.78, 5) is 21.5. The van der Waals surface area contributed by atoms with Crippen LogP contribution < -0.4 is 10.6 Å². The largest absolute Gasteiger partial charge is 0.481 e. The lowest BCUT2D eigenvalue weighted by Gasteiger charge is -2.05. The van der Waals surface area contributed by atoms with E-state index in [0.29, 0.717) is 25.9 Å². The SMILES string of the molecule is CC#CCCNC(=O)NCCCCCCC(=O)O.